The van der Waals surface area contributed by atoms with Crippen LogP contribution >= 0.6 is 0 Å². The predicted octanol–water partition coefficient (Wildman–Crippen LogP) is 4.34. The summed E-state index contributed by atoms with van der Waals surface area (Å²) in [5.74, 6) is 1.41. The quantitative estimate of drug-likeness (QED) is 0.840. The van der Waals surface area contributed by atoms with Crippen LogP contribution in [0.1, 0.15) is 48.0 Å². The minimum absolute atomic E-state index is 0.0808. The van der Waals surface area contributed by atoms with E-state index in [9.17, 15) is 4.79 Å². The van der Waals surface area contributed by atoms with Crippen molar-refractivity contribution in [3.8, 4) is 11.5 Å². The van der Waals surface area contributed by atoms with Crippen LogP contribution in [0.4, 0.5) is 0 Å². The van der Waals surface area contributed by atoms with Crippen LogP contribution in [-0.4, -0.2) is 26.7 Å². The molecule has 0 aromatic heterocycles. The second-order valence-electron chi connectivity index (χ2n) is 6.92. The molecule has 4 nitrogen and oxygen atoms in total. The van der Waals surface area contributed by atoms with Crippen molar-refractivity contribution in [1.29, 1.82) is 0 Å². The molecule has 1 aliphatic rings. The van der Waals surface area contributed by atoms with Gasteiger partial charge in [0.2, 0.25) is 0 Å². The summed E-state index contributed by atoms with van der Waals surface area (Å²) in [7, 11) is 3.30. The first kappa shape index (κ1) is 18.3. The fourth-order valence-electron chi connectivity index (χ4n) is 4.03. The molecule has 138 valence electrons. The number of carbonyl (C=O) groups is 1. The Balaban J connectivity index is 1.84. The molecular formula is C22H27NO3. The van der Waals surface area contributed by atoms with Crippen molar-refractivity contribution in [2.24, 2.45) is 0 Å². The maximum atomic E-state index is 12.8. The van der Waals surface area contributed by atoms with Gasteiger partial charge in [-0.2, -0.15) is 0 Å². The van der Waals surface area contributed by atoms with Crippen molar-refractivity contribution in [1.82, 2.24) is 5.32 Å². The fraction of sp³-hybridized carbons (Fsp3) is 0.409. The van der Waals surface area contributed by atoms with Gasteiger partial charge in [-0.25, -0.2) is 0 Å². The molecule has 1 fully saturated rings. The van der Waals surface area contributed by atoms with E-state index in [1.54, 1.807) is 20.3 Å². The minimum Gasteiger partial charge on any atom is -0.496 e. The highest BCUT2D eigenvalue weighted by Crippen LogP contribution is 2.42. The van der Waals surface area contributed by atoms with E-state index in [0.29, 0.717) is 17.9 Å². The number of carbonyl (C=O) groups excluding carboxylic acids is 1. The summed E-state index contributed by atoms with van der Waals surface area (Å²) in [5, 5.41) is 3.16. The topological polar surface area (TPSA) is 47.6 Å². The zero-order valence-corrected chi connectivity index (χ0v) is 15.6. The molecule has 1 amide bonds. The minimum atomic E-state index is -0.0951. The molecule has 0 spiro atoms. The van der Waals surface area contributed by atoms with E-state index in [1.807, 2.05) is 30.3 Å². The van der Waals surface area contributed by atoms with Crippen LogP contribution in [0.3, 0.4) is 0 Å². The third kappa shape index (κ3) is 3.69. The number of ether oxygens (including phenoxy) is 2. The molecule has 2 aromatic carbocycles. The Morgan fingerprint density at radius 3 is 2.23 bits per heavy atom. The molecule has 0 bridgehead atoms. The monoisotopic (exact) mass is 353 g/mol. The number of hydrogen-bond donors (Lipinski definition) is 1. The van der Waals surface area contributed by atoms with Gasteiger partial charge in [-0.1, -0.05) is 49.6 Å². The molecule has 1 aliphatic carbocycles. The zero-order valence-electron chi connectivity index (χ0n) is 15.6. The van der Waals surface area contributed by atoms with Gasteiger partial charge in [-0.15, -0.1) is 0 Å². The molecule has 4 heteroatoms. The van der Waals surface area contributed by atoms with Gasteiger partial charge in [0, 0.05) is 17.5 Å². The van der Waals surface area contributed by atoms with Crippen molar-refractivity contribution >= 4 is 5.91 Å². The Kier molecular flexibility index (Phi) is 5.82. The number of benzene rings is 2. The Morgan fingerprint density at radius 1 is 0.923 bits per heavy atom. The SMILES string of the molecule is COc1ccccc1C(=O)NCC1(c2ccccc2OC)CCCCC1. The average Bonchev–Trinajstić information content (AvgIpc) is 2.72. The number of nitrogens with one attached hydrogen (secondary N) is 1. The lowest BCUT2D eigenvalue weighted by Gasteiger charge is -2.38. The van der Waals surface area contributed by atoms with Gasteiger partial charge in [0.1, 0.15) is 11.5 Å². The van der Waals surface area contributed by atoms with Gasteiger partial charge in [0.15, 0.2) is 0 Å². The lowest BCUT2D eigenvalue weighted by Crippen LogP contribution is -2.42. The third-order valence-corrected chi connectivity index (χ3v) is 5.43. The molecule has 0 saturated heterocycles. The predicted molar refractivity (Wildman–Crippen MR) is 103 cm³/mol. The van der Waals surface area contributed by atoms with E-state index in [2.05, 4.69) is 17.4 Å². The summed E-state index contributed by atoms with van der Waals surface area (Å²) in [6.45, 7) is 0.601. The van der Waals surface area contributed by atoms with E-state index >= 15 is 0 Å². The van der Waals surface area contributed by atoms with Gasteiger partial charge < -0.3 is 14.8 Å². The van der Waals surface area contributed by atoms with E-state index in [-0.39, 0.29) is 11.3 Å². The highest BCUT2D eigenvalue weighted by molar-refractivity contribution is 5.97. The zero-order chi connectivity index (χ0) is 18.4. The molecule has 0 unspecified atom stereocenters. The van der Waals surface area contributed by atoms with Gasteiger partial charge in [0.05, 0.1) is 19.8 Å². The van der Waals surface area contributed by atoms with E-state index in [1.165, 1.54) is 24.8 Å². The number of methoxy groups -OCH3 is 2. The molecule has 26 heavy (non-hydrogen) atoms. The molecule has 2 aromatic rings. The van der Waals surface area contributed by atoms with Crippen LogP contribution in [0.25, 0.3) is 0 Å². The van der Waals surface area contributed by atoms with Gasteiger partial charge >= 0.3 is 0 Å². The van der Waals surface area contributed by atoms with Crippen molar-refractivity contribution in [3.63, 3.8) is 0 Å². The largest absolute Gasteiger partial charge is 0.496 e. The molecular weight excluding hydrogens is 326 g/mol. The highest BCUT2D eigenvalue weighted by Gasteiger charge is 2.36. The first-order valence-electron chi connectivity index (χ1n) is 9.25. The lowest BCUT2D eigenvalue weighted by atomic mass is 9.69. The van der Waals surface area contributed by atoms with Crippen molar-refractivity contribution in [2.75, 3.05) is 20.8 Å². The third-order valence-electron chi connectivity index (χ3n) is 5.43. The van der Waals surface area contributed by atoms with Crippen LogP contribution in [0.2, 0.25) is 0 Å². The first-order valence-corrected chi connectivity index (χ1v) is 9.25. The Hall–Kier alpha value is -2.49. The molecule has 0 aliphatic heterocycles. The Morgan fingerprint density at radius 2 is 1.54 bits per heavy atom. The number of amides is 1. The van der Waals surface area contributed by atoms with E-state index in [4.69, 9.17) is 9.47 Å². The molecule has 3 rings (SSSR count). The Bertz CT molecular complexity index is 751. The van der Waals surface area contributed by atoms with Crippen LogP contribution in [0, 0.1) is 0 Å². The second-order valence-corrected chi connectivity index (χ2v) is 6.92. The summed E-state index contributed by atoms with van der Waals surface area (Å²) in [6, 6.07) is 15.5. The molecule has 1 N–H and O–H groups in total. The average molecular weight is 353 g/mol. The number of hydrogen-bond acceptors (Lipinski definition) is 3. The molecule has 0 heterocycles. The normalized spacial score (nSPS) is 15.9. The maximum Gasteiger partial charge on any atom is 0.255 e. The van der Waals surface area contributed by atoms with Crippen LogP contribution in [0.5, 0.6) is 11.5 Å². The smallest absolute Gasteiger partial charge is 0.255 e. The van der Waals surface area contributed by atoms with Gasteiger partial charge in [-0.05, 0) is 31.0 Å². The number of para-hydroxylation sites is 2. The Labute approximate surface area is 155 Å². The fourth-order valence-corrected chi connectivity index (χ4v) is 4.03. The first-order chi connectivity index (χ1) is 12.7. The van der Waals surface area contributed by atoms with E-state index < -0.39 is 0 Å². The van der Waals surface area contributed by atoms with Crippen LogP contribution in [-0.2, 0) is 5.41 Å². The molecule has 0 atom stereocenters. The summed E-state index contributed by atoms with van der Waals surface area (Å²) < 4.78 is 10.9. The molecule has 1 saturated carbocycles. The van der Waals surface area contributed by atoms with Crippen LogP contribution in [0.15, 0.2) is 48.5 Å². The second kappa shape index (κ2) is 8.26. The van der Waals surface area contributed by atoms with Crippen molar-refractivity contribution < 1.29 is 14.3 Å². The number of rotatable bonds is 6. The summed E-state index contributed by atoms with van der Waals surface area (Å²) in [4.78, 5) is 12.8. The van der Waals surface area contributed by atoms with Crippen molar-refractivity contribution in [2.45, 2.75) is 37.5 Å². The standard InChI is InChI=1S/C22H27NO3/c1-25-19-12-6-4-10-17(19)21(24)23-16-22(14-8-3-9-15-22)18-11-5-7-13-20(18)26-2/h4-7,10-13H,3,8-9,14-16H2,1-2H3,(H,23,24). The van der Waals surface area contributed by atoms with Gasteiger partial charge in [-0.3, -0.25) is 4.79 Å². The lowest BCUT2D eigenvalue weighted by molar-refractivity contribution is 0.0933. The summed E-state index contributed by atoms with van der Waals surface area (Å²) in [5.41, 5.74) is 1.69. The van der Waals surface area contributed by atoms with E-state index in [0.717, 1.165) is 18.6 Å². The summed E-state index contributed by atoms with van der Waals surface area (Å²) >= 11 is 0. The maximum absolute atomic E-state index is 12.8. The summed E-state index contributed by atoms with van der Waals surface area (Å²) in [6.07, 6.45) is 5.70. The molecule has 0 radical (unpaired) electrons. The highest BCUT2D eigenvalue weighted by atomic mass is 16.5. The van der Waals surface area contributed by atoms with Crippen molar-refractivity contribution in [3.05, 3.63) is 59.7 Å². The van der Waals surface area contributed by atoms with Crippen LogP contribution < -0.4 is 14.8 Å². The van der Waals surface area contributed by atoms with Gasteiger partial charge in [0.25, 0.3) is 5.91 Å².